The van der Waals surface area contributed by atoms with Gasteiger partial charge in [-0.2, -0.15) is 11.8 Å². The van der Waals surface area contributed by atoms with Crippen molar-refractivity contribution in [1.29, 1.82) is 0 Å². The van der Waals surface area contributed by atoms with Crippen molar-refractivity contribution in [2.75, 3.05) is 17.3 Å². The van der Waals surface area contributed by atoms with E-state index in [0.29, 0.717) is 18.7 Å². The average Bonchev–Trinajstić information content (AvgIpc) is 3.05. The number of amides is 2. The zero-order valence-electron chi connectivity index (χ0n) is 23.6. The van der Waals surface area contributed by atoms with Crippen LogP contribution < -0.4 is 15.8 Å². The summed E-state index contributed by atoms with van der Waals surface area (Å²) in [6.45, 7) is 4.82. The lowest BCUT2D eigenvalue weighted by atomic mass is 10.0. The Morgan fingerprint density at radius 1 is 0.976 bits per heavy atom. The van der Waals surface area contributed by atoms with Crippen LogP contribution in [-0.2, 0) is 16.4 Å². The van der Waals surface area contributed by atoms with Gasteiger partial charge in [0.25, 0.3) is 11.8 Å². The number of fused-ring (bicyclic) bond motifs is 2. The van der Waals surface area contributed by atoms with Crippen molar-refractivity contribution in [3.05, 3.63) is 88.5 Å². The molecule has 0 radical (unpaired) electrons. The number of hydrogen-bond donors (Lipinski definition) is 2. The van der Waals surface area contributed by atoms with E-state index in [1.54, 1.807) is 12.1 Å². The van der Waals surface area contributed by atoms with E-state index in [9.17, 15) is 18.0 Å². The zero-order valence-corrected chi connectivity index (χ0v) is 25.2. The SMILES string of the molecule is Cc1ccc(C)c(CNN2C(=O)c3ccccc3S(=O)(=O)c3ccc(C(=O)NCCCSC4CCCCC4)cc32)c1. The van der Waals surface area contributed by atoms with E-state index >= 15 is 0 Å². The summed E-state index contributed by atoms with van der Waals surface area (Å²) in [5, 5.41) is 4.98. The van der Waals surface area contributed by atoms with Crippen LogP contribution in [0.1, 0.15) is 75.9 Å². The number of nitrogens with zero attached hydrogens (tertiary/aromatic N) is 1. The minimum atomic E-state index is -4.02. The number of nitrogens with one attached hydrogen (secondary N) is 2. The van der Waals surface area contributed by atoms with Crippen LogP contribution in [0, 0.1) is 13.8 Å². The molecule has 0 spiro atoms. The fourth-order valence-electron chi connectivity index (χ4n) is 5.46. The van der Waals surface area contributed by atoms with E-state index < -0.39 is 15.7 Å². The van der Waals surface area contributed by atoms with E-state index in [0.717, 1.165) is 34.1 Å². The lowest BCUT2D eigenvalue weighted by Crippen LogP contribution is -2.43. The van der Waals surface area contributed by atoms with Crippen molar-refractivity contribution in [3.8, 4) is 0 Å². The van der Waals surface area contributed by atoms with Crippen molar-refractivity contribution in [2.24, 2.45) is 0 Å². The number of benzene rings is 3. The second kappa shape index (κ2) is 12.8. The predicted molar refractivity (Wildman–Crippen MR) is 164 cm³/mol. The molecule has 3 aromatic rings. The molecule has 0 aromatic heterocycles. The van der Waals surface area contributed by atoms with Crippen LogP contribution >= 0.6 is 11.8 Å². The van der Waals surface area contributed by atoms with Gasteiger partial charge in [0.2, 0.25) is 9.84 Å². The van der Waals surface area contributed by atoms with Crippen LogP contribution in [0.15, 0.2) is 70.5 Å². The maximum Gasteiger partial charge on any atom is 0.274 e. The Morgan fingerprint density at radius 3 is 2.56 bits per heavy atom. The monoisotopic (exact) mass is 591 g/mol. The van der Waals surface area contributed by atoms with Crippen LogP contribution in [-0.4, -0.2) is 37.8 Å². The van der Waals surface area contributed by atoms with E-state index in [4.69, 9.17) is 0 Å². The number of sulfone groups is 1. The minimum absolute atomic E-state index is 0.0234. The first-order chi connectivity index (χ1) is 19.8. The van der Waals surface area contributed by atoms with Crippen molar-refractivity contribution in [1.82, 2.24) is 10.7 Å². The third kappa shape index (κ3) is 6.52. The predicted octanol–water partition coefficient (Wildman–Crippen LogP) is 5.99. The van der Waals surface area contributed by atoms with Crippen LogP contribution in [0.5, 0.6) is 0 Å². The standard InChI is InChI=1S/C32H37N3O4S2/c1-22-13-14-23(2)25(19-22)21-34-35-28-20-24(31(36)33-17-8-18-40-26-9-4-3-5-10-26)15-16-30(28)41(38,39)29-12-7-6-11-27(29)32(35)37/h6-7,11-16,19-20,26,34H,3-5,8-10,17-18,21H2,1-2H3,(H,33,36). The highest BCUT2D eigenvalue weighted by atomic mass is 32.2. The van der Waals surface area contributed by atoms with Crippen LogP contribution in [0.25, 0.3) is 0 Å². The Balaban J connectivity index is 1.39. The Kier molecular flexibility index (Phi) is 9.16. The Bertz CT molecular complexity index is 1550. The Hall–Kier alpha value is -3.14. The smallest absolute Gasteiger partial charge is 0.274 e. The molecule has 41 heavy (non-hydrogen) atoms. The third-order valence-electron chi connectivity index (χ3n) is 7.81. The van der Waals surface area contributed by atoms with Gasteiger partial charge in [-0.3, -0.25) is 9.59 Å². The molecular formula is C32H37N3O4S2. The summed E-state index contributed by atoms with van der Waals surface area (Å²) in [7, 11) is -4.02. The summed E-state index contributed by atoms with van der Waals surface area (Å²) in [5.41, 5.74) is 6.81. The summed E-state index contributed by atoms with van der Waals surface area (Å²) in [5.74, 6) is 0.207. The number of aryl methyl sites for hydroxylation is 2. The number of thioether (sulfide) groups is 1. The number of rotatable bonds is 9. The molecule has 1 fully saturated rings. The fourth-order valence-corrected chi connectivity index (χ4v) is 8.38. The van der Waals surface area contributed by atoms with E-state index in [2.05, 4.69) is 10.7 Å². The Morgan fingerprint density at radius 2 is 1.76 bits per heavy atom. The molecule has 9 heteroatoms. The highest BCUT2D eigenvalue weighted by molar-refractivity contribution is 7.99. The van der Waals surface area contributed by atoms with Gasteiger partial charge >= 0.3 is 0 Å². The van der Waals surface area contributed by atoms with E-state index in [1.165, 1.54) is 67.4 Å². The molecule has 2 amide bonds. The van der Waals surface area contributed by atoms with Gasteiger partial charge in [-0.05, 0) is 80.3 Å². The van der Waals surface area contributed by atoms with Crippen molar-refractivity contribution < 1.29 is 18.0 Å². The highest BCUT2D eigenvalue weighted by Gasteiger charge is 2.36. The summed E-state index contributed by atoms with van der Waals surface area (Å²) >= 11 is 2.00. The summed E-state index contributed by atoms with van der Waals surface area (Å²) < 4.78 is 27.5. The summed E-state index contributed by atoms with van der Waals surface area (Å²) in [4.78, 5) is 26.9. The van der Waals surface area contributed by atoms with Gasteiger partial charge in [-0.1, -0.05) is 55.2 Å². The van der Waals surface area contributed by atoms with Gasteiger partial charge in [0, 0.05) is 23.9 Å². The lowest BCUT2D eigenvalue weighted by molar-refractivity contribution is 0.0948. The molecule has 2 N–H and O–H groups in total. The molecule has 0 unspecified atom stereocenters. The molecular weight excluding hydrogens is 555 g/mol. The Labute approximate surface area is 247 Å². The molecule has 5 rings (SSSR count). The quantitative estimate of drug-likeness (QED) is 0.297. The first-order valence-electron chi connectivity index (χ1n) is 14.3. The molecule has 0 saturated heterocycles. The number of hydrazine groups is 1. The molecule has 7 nitrogen and oxygen atoms in total. The molecule has 216 valence electrons. The second-order valence-electron chi connectivity index (χ2n) is 10.8. The van der Waals surface area contributed by atoms with Crippen LogP contribution in [0.2, 0.25) is 0 Å². The summed E-state index contributed by atoms with van der Waals surface area (Å²) in [6.07, 6.45) is 7.39. The van der Waals surface area contributed by atoms with Crippen molar-refractivity contribution >= 4 is 39.1 Å². The molecule has 0 bridgehead atoms. The van der Waals surface area contributed by atoms with Crippen LogP contribution in [0.4, 0.5) is 5.69 Å². The molecule has 1 saturated carbocycles. The summed E-state index contributed by atoms with van der Waals surface area (Å²) in [6, 6.07) is 16.7. The maximum absolute atomic E-state index is 13.8. The number of anilines is 1. The van der Waals surface area contributed by atoms with Gasteiger partial charge in [-0.25, -0.2) is 18.9 Å². The van der Waals surface area contributed by atoms with E-state index in [1.807, 2.05) is 43.8 Å². The number of hydrogen-bond acceptors (Lipinski definition) is 6. The zero-order chi connectivity index (χ0) is 29.0. The fraction of sp³-hybridized carbons (Fsp3) is 0.375. The molecule has 1 heterocycles. The maximum atomic E-state index is 13.8. The molecule has 0 atom stereocenters. The van der Waals surface area contributed by atoms with Crippen molar-refractivity contribution in [3.63, 3.8) is 0 Å². The van der Waals surface area contributed by atoms with Gasteiger partial charge in [0.05, 0.1) is 21.0 Å². The third-order valence-corrected chi connectivity index (χ3v) is 11.1. The van der Waals surface area contributed by atoms with Gasteiger partial charge in [0.15, 0.2) is 0 Å². The average molecular weight is 592 g/mol. The van der Waals surface area contributed by atoms with Crippen molar-refractivity contribution in [2.45, 2.75) is 74.0 Å². The molecule has 1 aliphatic carbocycles. The minimum Gasteiger partial charge on any atom is -0.352 e. The highest BCUT2D eigenvalue weighted by Crippen LogP contribution is 2.37. The molecule has 2 aliphatic rings. The largest absolute Gasteiger partial charge is 0.352 e. The van der Waals surface area contributed by atoms with E-state index in [-0.39, 0.29) is 26.9 Å². The topological polar surface area (TPSA) is 95.6 Å². The van der Waals surface area contributed by atoms with Crippen LogP contribution in [0.3, 0.4) is 0 Å². The lowest BCUT2D eigenvalue weighted by Gasteiger charge is -2.24. The normalized spacial score (nSPS) is 16.5. The first kappa shape index (κ1) is 29.4. The second-order valence-corrected chi connectivity index (χ2v) is 14.1. The first-order valence-corrected chi connectivity index (χ1v) is 16.8. The number of carbonyl (C=O) groups is 2. The molecule has 3 aromatic carbocycles. The number of carbonyl (C=O) groups excluding carboxylic acids is 2. The van der Waals surface area contributed by atoms with Gasteiger partial charge in [-0.15, -0.1) is 0 Å². The van der Waals surface area contributed by atoms with Gasteiger partial charge < -0.3 is 5.32 Å². The molecule has 1 aliphatic heterocycles. The van der Waals surface area contributed by atoms with Gasteiger partial charge in [0.1, 0.15) is 0 Å².